The summed E-state index contributed by atoms with van der Waals surface area (Å²) in [6, 6.07) is 13.1. The highest BCUT2D eigenvalue weighted by atomic mass is 32.2. The number of hydrogen-bond donors (Lipinski definition) is 1. The van der Waals surface area contributed by atoms with Gasteiger partial charge in [-0.05, 0) is 67.1 Å². The fraction of sp³-hybridized carbons (Fsp3) is 0.278. The zero-order valence-corrected chi connectivity index (χ0v) is 13.4. The molecule has 1 unspecified atom stereocenters. The molecule has 114 valence electrons. The van der Waals surface area contributed by atoms with E-state index >= 15 is 0 Å². The van der Waals surface area contributed by atoms with Crippen LogP contribution in [0.3, 0.4) is 0 Å². The third-order valence-corrected chi connectivity index (χ3v) is 5.03. The van der Waals surface area contributed by atoms with Crippen LogP contribution in [-0.2, 0) is 23.6 Å². The van der Waals surface area contributed by atoms with E-state index in [2.05, 4.69) is 11.4 Å². The monoisotopic (exact) mass is 313 g/mol. The summed E-state index contributed by atoms with van der Waals surface area (Å²) in [7, 11) is -1.02. The minimum Gasteiger partial charge on any atom is -0.322 e. The Morgan fingerprint density at radius 2 is 1.77 bits per heavy atom. The van der Waals surface area contributed by atoms with E-state index in [1.807, 2.05) is 12.1 Å². The third kappa shape index (κ3) is 3.12. The van der Waals surface area contributed by atoms with Crippen molar-refractivity contribution in [3.8, 4) is 0 Å². The van der Waals surface area contributed by atoms with Crippen molar-refractivity contribution in [1.82, 2.24) is 0 Å². The SMILES string of the molecule is CS(=O)c1ccc(C(=O)Nc2cccc3c2CCCC3)cc1. The normalized spacial score (nSPS) is 15.0. The lowest BCUT2D eigenvalue weighted by molar-refractivity contribution is 0.102. The van der Waals surface area contributed by atoms with Crippen LogP contribution in [0.25, 0.3) is 0 Å². The second kappa shape index (κ2) is 6.44. The van der Waals surface area contributed by atoms with Crippen molar-refractivity contribution < 1.29 is 9.00 Å². The number of aryl methyl sites for hydroxylation is 1. The summed E-state index contributed by atoms with van der Waals surface area (Å²) in [5.41, 5.74) is 4.13. The molecule has 4 heteroatoms. The molecule has 22 heavy (non-hydrogen) atoms. The van der Waals surface area contributed by atoms with Crippen LogP contribution in [0.15, 0.2) is 47.4 Å². The summed E-state index contributed by atoms with van der Waals surface area (Å²) in [4.78, 5) is 13.1. The van der Waals surface area contributed by atoms with Gasteiger partial charge in [0.1, 0.15) is 0 Å². The zero-order chi connectivity index (χ0) is 15.5. The molecule has 1 amide bonds. The van der Waals surface area contributed by atoms with Gasteiger partial charge in [-0.1, -0.05) is 12.1 Å². The average molecular weight is 313 g/mol. The van der Waals surface area contributed by atoms with Crippen LogP contribution in [0.1, 0.15) is 34.3 Å². The Kier molecular flexibility index (Phi) is 4.39. The van der Waals surface area contributed by atoms with Gasteiger partial charge < -0.3 is 5.32 Å². The Labute approximate surface area is 133 Å². The van der Waals surface area contributed by atoms with Crippen LogP contribution in [-0.4, -0.2) is 16.4 Å². The van der Waals surface area contributed by atoms with Gasteiger partial charge in [0.25, 0.3) is 5.91 Å². The van der Waals surface area contributed by atoms with E-state index in [-0.39, 0.29) is 5.91 Å². The standard InChI is InChI=1S/C18H19NO2S/c1-22(21)15-11-9-14(10-12-15)18(20)19-17-8-4-6-13-5-2-3-7-16(13)17/h4,6,8-12H,2-3,5,7H2,1H3,(H,19,20). The molecule has 3 rings (SSSR count). The summed E-state index contributed by atoms with van der Waals surface area (Å²) >= 11 is 0. The Balaban J connectivity index is 1.81. The topological polar surface area (TPSA) is 46.2 Å². The third-order valence-electron chi connectivity index (χ3n) is 4.09. The second-order valence-corrected chi connectivity index (χ2v) is 6.96. The molecule has 0 saturated carbocycles. The van der Waals surface area contributed by atoms with Gasteiger partial charge in [0.15, 0.2) is 0 Å². The molecule has 2 aromatic rings. The van der Waals surface area contributed by atoms with Crippen LogP contribution in [0.5, 0.6) is 0 Å². The molecule has 1 aliphatic carbocycles. The predicted molar refractivity (Wildman–Crippen MR) is 89.8 cm³/mol. The van der Waals surface area contributed by atoms with E-state index in [4.69, 9.17) is 0 Å². The molecular weight excluding hydrogens is 294 g/mol. The Morgan fingerprint density at radius 3 is 2.50 bits per heavy atom. The molecular formula is C18H19NO2S. The molecule has 0 radical (unpaired) electrons. The van der Waals surface area contributed by atoms with Crippen molar-refractivity contribution in [2.24, 2.45) is 0 Å². The molecule has 0 fully saturated rings. The molecule has 0 spiro atoms. The number of amides is 1. The lowest BCUT2D eigenvalue weighted by Crippen LogP contribution is -2.15. The van der Waals surface area contributed by atoms with E-state index in [0.717, 1.165) is 23.4 Å². The minimum absolute atomic E-state index is 0.118. The van der Waals surface area contributed by atoms with Crippen LogP contribution < -0.4 is 5.32 Å². The predicted octanol–water partition coefficient (Wildman–Crippen LogP) is 3.56. The summed E-state index contributed by atoms with van der Waals surface area (Å²) in [5.74, 6) is -0.118. The van der Waals surface area contributed by atoms with Gasteiger partial charge in [-0.15, -0.1) is 0 Å². The first-order valence-electron chi connectivity index (χ1n) is 7.51. The first-order valence-corrected chi connectivity index (χ1v) is 9.06. The lowest BCUT2D eigenvalue weighted by Gasteiger charge is -2.19. The molecule has 1 N–H and O–H groups in total. The molecule has 0 bridgehead atoms. The molecule has 0 aromatic heterocycles. The van der Waals surface area contributed by atoms with Crippen molar-refractivity contribution in [3.05, 3.63) is 59.2 Å². The van der Waals surface area contributed by atoms with E-state index < -0.39 is 10.8 Å². The highest BCUT2D eigenvalue weighted by molar-refractivity contribution is 7.84. The number of hydrogen-bond acceptors (Lipinski definition) is 2. The summed E-state index contributed by atoms with van der Waals surface area (Å²) in [5, 5.41) is 3.02. The number of carbonyl (C=O) groups excluding carboxylic acids is 1. The molecule has 0 saturated heterocycles. The molecule has 3 nitrogen and oxygen atoms in total. The van der Waals surface area contributed by atoms with Crippen molar-refractivity contribution in [1.29, 1.82) is 0 Å². The van der Waals surface area contributed by atoms with E-state index in [1.165, 1.54) is 24.0 Å². The second-order valence-electron chi connectivity index (χ2n) is 5.58. The smallest absolute Gasteiger partial charge is 0.255 e. The van der Waals surface area contributed by atoms with Gasteiger partial charge >= 0.3 is 0 Å². The highest BCUT2D eigenvalue weighted by Crippen LogP contribution is 2.28. The summed E-state index contributed by atoms with van der Waals surface area (Å²) < 4.78 is 11.4. The van der Waals surface area contributed by atoms with E-state index in [0.29, 0.717) is 5.56 Å². The van der Waals surface area contributed by atoms with Crippen LogP contribution in [0, 0.1) is 0 Å². The van der Waals surface area contributed by atoms with Crippen LogP contribution in [0.4, 0.5) is 5.69 Å². The molecule has 1 aliphatic rings. The fourth-order valence-corrected chi connectivity index (χ4v) is 3.41. The number of benzene rings is 2. The minimum atomic E-state index is -1.02. The Hall–Kier alpha value is -1.94. The van der Waals surface area contributed by atoms with Crippen LogP contribution in [0.2, 0.25) is 0 Å². The summed E-state index contributed by atoms with van der Waals surface area (Å²) in [6.07, 6.45) is 6.15. The van der Waals surface area contributed by atoms with E-state index in [9.17, 15) is 9.00 Å². The van der Waals surface area contributed by atoms with Gasteiger partial charge in [-0.2, -0.15) is 0 Å². The molecule has 2 aromatic carbocycles. The van der Waals surface area contributed by atoms with Crippen LogP contribution >= 0.6 is 0 Å². The molecule has 0 aliphatic heterocycles. The quantitative estimate of drug-likeness (QED) is 0.942. The van der Waals surface area contributed by atoms with Crippen molar-refractivity contribution >= 4 is 22.4 Å². The molecule has 0 heterocycles. The largest absolute Gasteiger partial charge is 0.322 e. The van der Waals surface area contributed by atoms with Gasteiger partial charge in [0.2, 0.25) is 0 Å². The van der Waals surface area contributed by atoms with E-state index in [1.54, 1.807) is 30.5 Å². The number of rotatable bonds is 3. The summed E-state index contributed by atoms with van der Waals surface area (Å²) in [6.45, 7) is 0. The van der Waals surface area contributed by atoms with Gasteiger partial charge in [0.05, 0.1) is 0 Å². The maximum absolute atomic E-state index is 12.4. The number of fused-ring (bicyclic) bond motifs is 1. The Morgan fingerprint density at radius 1 is 1.05 bits per heavy atom. The zero-order valence-electron chi connectivity index (χ0n) is 12.6. The van der Waals surface area contributed by atoms with Gasteiger partial charge in [0, 0.05) is 33.2 Å². The number of anilines is 1. The molecule has 1 atom stereocenters. The van der Waals surface area contributed by atoms with Gasteiger partial charge in [-0.3, -0.25) is 9.00 Å². The van der Waals surface area contributed by atoms with Gasteiger partial charge in [-0.25, -0.2) is 0 Å². The number of carbonyl (C=O) groups is 1. The number of nitrogens with one attached hydrogen (secondary N) is 1. The maximum atomic E-state index is 12.4. The lowest BCUT2D eigenvalue weighted by atomic mass is 9.90. The highest BCUT2D eigenvalue weighted by Gasteiger charge is 2.15. The van der Waals surface area contributed by atoms with Crippen molar-refractivity contribution in [3.63, 3.8) is 0 Å². The first-order chi connectivity index (χ1) is 10.6. The first kappa shape index (κ1) is 15.0. The fourth-order valence-electron chi connectivity index (χ4n) is 2.89. The maximum Gasteiger partial charge on any atom is 0.255 e. The Bertz CT molecular complexity index is 722. The van der Waals surface area contributed by atoms with Crippen molar-refractivity contribution in [2.45, 2.75) is 30.6 Å². The van der Waals surface area contributed by atoms with Crippen molar-refractivity contribution in [2.75, 3.05) is 11.6 Å². The average Bonchev–Trinajstić information content (AvgIpc) is 2.55.